The van der Waals surface area contributed by atoms with E-state index in [1.165, 1.54) is 25.9 Å². The van der Waals surface area contributed by atoms with Crippen molar-refractivity contribution in [1.82, 2.24) is 10.2 Å². The lowest BCUT2D eigenvalue weighted by Gasteiger charge is -2.32. The number of allylic oxidation sites excluding steroid dienone is 1. The van der Waals surface area contributed by atoms with Gasteiger partial charge in [0.05, 0.1) is 13.2 Å². The van der Waals surface area contributed by atoms with Gasteiger partial charge >= 0.3 is 0 Å². The third-order valence-corrected chi connectivity index (χ3v) is 4.39. The lowest BCUT2D eigenvalue weighted by atomic mass is 9.92. The number of hydrogen-bond acceptors (Lipinski definition) is 4. The standard InChI is InChI=1S/C19H30N2O2.C2H6/c1-17(20-2)16-18-8-10-21(11-9-18)12-13-22-14-15-23-19-6-4-3-5-7-19;1-2/h3-7,18,20H,1,8-16H2,2H3;1-2H3. The zero-order valence-corrected chi connectivity index (χ0v) is 16.3. The van der Waals surface area contributed by atoms with Gasteiger partial charge in [-0.25, -0.2) is 0 Å². The molecule has 1 aromatic carbocycles. The number of para-hydroxylation sites is 1. The summed E-state index contributed by atoms with van der Waals surface area (Å²) in [6.07, 6.45) is 3.63. The van der Waals surface area contributed by atoms with E-state index in [2.05, 4.69) is 16.8 Å². The van der Waals surface area contributed by atoms with Gasteiger partial charge in [-0.3, -0.25) is 0 Å². The third-order valence-electron chi connectivity index (χ3n) is 4.39. The molecule has 4 heteroatoms. The van der Waals surface area contributed by atoms with Crippen molar-refractivity contribution in [2.24, 2.45) is 5.92 Å². The Morgan fingerprint density at radius 2 is 1.80 bits per heavy atom. The van der Waals surface area contributed by atoms with Crippen molar-refractivity contribution in [1.29, 1.82) is 0 Å². The van der Waals surface area contributed by atoms with Crippen LogP contribution in [0.1, 0.15) is 33.1 Å². The number of likely N-dealkylation sites (tertiary alicyclic amines) is 1. The highest BCUT2D eigenvalue weighted by molar-refractivity contribution is 5.20. The second-order valence-electron chi connectivity index (χ2n) is 6.12. The molecule has 1 heterocycles. The number of nitrogens with zero attached hydrogens (tertiary/aromatic N) is 1. The van der Waals surface area contributed by atoms with Gasteiger partial charge in [-0.1, -0.05) is 38.6 Å². The van der Waals surface area contributed by atoms with Crippen LogP contribution in [-0.2, 0) is 4.74 Å². The second kappa shape index (κ2) is 13.7. The third kappa shape index (κ3) is 9.51. The molecule has 2 rings (SSSR count). The predicted octanol–water partition coefficient (Wildman–Crippen LogP) is 3.94. The van der Waals surface area contributed by atoms with Crippen LogP contribution in [-0.4, -0.2) is 51.4 Å². The summed E-state index contributed by atoms with van der Waals surface area (Å²) in [5, 5.41) is 3.15. The van der Waals surface area contributed by atoms with E-state index in [4.69, 9.17) is 9.47 Å². The molecule has 0 bridgehead atoms. The van der Waals surface area contributed by atoms with Crippen LogP contribution in [0.4, 0.5) is 0 Å². The number of hydrogen-bond donors (Lipinski definition) is 1. The summed E-state index contributed by atoms with van der Waals surface area (Å²) in [5.41, 5.74) is 1.16. The molecule has 1 N–H and O–H groups in total. The second-order valence-corrected chi connectivity index (χ2v) is 6.12. The topological polar surface area (TPSA) is 33.7 Å². The molecule has 142 valence electrons. The lowest BCUT2D eigenvalue weighted by Crippen LogP contribution is -2.36. The van der Waals surface area contributed by atoms with E-state index in [9.17, 15) is 0 Å². The van der Waals surface area contributed by atoms with Gasteiger partial charge in [0.25, 0.3) is 0 Å². The number of nitrogens with one attached hydrogen (secondary N) is 1. The van der Waals surface area contributed by atoms with E-state index in [1.807, 2.05) is 51.2 Å². The van der Waals surface area contributed by atoms with Crippen LogP contribution in [0.25, 0.3) is 0 Å². The Morgan fingerprint density at radius 3 is 2.44 bits per heavy atom. The van der Waals surface area contributed by atoms with Crippen LogP contribution in [0.15, 0.2) is 42.6 Å². The minimum absolute atomic E-state index is 0.609. The molecule has 1 aliphatic heterocycles. The number of piperidine rings is 1. The van der Waals surface area contributed by atoms with Gasteiger partial charge in [0.2, 0.25) is 0 Å². The highest BCUT2D eigenvalue weighted by atomic mass is 16.5. The van der Waals surface area contributed by atoms with Crippen LogP contribution in [0.5, 0.6) is 5.75 Å². The molecule has 0 unspecified atom stereocenters. The minimum Gasteiger partial charge on any atom is -0.491 e. The number of ether oxygens (including phenoxy) is 2. The summed E-state index contributed by atoms with van der Waals surface area (Å²) < 4.78 is 11.3. The molecule has 0 aliphatic carbocycles. The number of benzene rings is 1. The summed E-state index contributed by atoms with van der Waals surface area (Å²) >= 11 is 0. The van der Waals surface area contributed by atoms with Gasteiger partial charge in [-0.05, 0) is 50.4 Å². The van der Waals surface area contributed by atoms with E-state index in [1.54, 1.807) is 0 Å². The van der Waals surface area contributed by atoms with Crippen LogP contribution >= 0.6 is 0 Å². The van der Waals surface area contributed by atoms with E-state index >= 15 is 0 Å². The Labute approximate surface area is 154 Å². The molecule has 1 fully saturated rings. The minimum atomic E-state index is 0.609. The van der Waals surface area contributed by atoms with Gasteiger partial charge in [-0.2, -0.15) is 0 Å². The fourth-order valence-electron chi connectivity index (χ4n) is 2.90. The largest absolute Gasteiger partial charge is 0.491 e. The molecule has 1 saturated heterocycles. The van der Waals surface area contributed by atoms with Gasteiger partial charge in [0.15, 0.2) is 0 Å². The fraction of sp³-hybridized carbons (Fsp3) is 0.619. The molecule has 0 spiro atoms. The van der Waals surface area contributed by atoms with Gasteiger partial charge in [-0.15, -0.1) is 0 Å². The Hall–Kier alpha value is -1.52. The quantitative estimate of drug-likeness (QED) is 0.649. The lowest BCUT2D eigenvalue weighted by molar-refractivity contribution is 0.0698. The van der Waals surface area contributed by atoms with Crippen molar-refractivity contribution >= 4 is 0 Å². The molecule has 25 heavy (non-hydrogen) atoms. The first kappa shape index (κ1) is 21.5. The van der Waals surface area contributed by atoms with Crippen molar-refractivity contribution in [2.75, 3.05) is 46.5 Å². The molecule has 1 aliphatic rings. The Morgan fingerprint density at radius 1 is 1.12 bits per heavy atom. The average Bonchev–Trinajstić information content (AvgIpc) is 2.68. The maximum absolute atomic E-state index is 5.68. The van der Waals surface area contributed by atoms with Crippen LogP contribution in [0.3, 0.4) is 0 Å². The molecule has 0 amide bonds. The van der Waals surface area contributed by atoms with Crippen molar-refractivity contribution in [3.63, 3.8) is 0 Å². The van der Waals surface area contributed by atoms with Crippen LogP contribution in [0, 0.1) is 5.92 Å². The summed E-state index contributed by atoms with van der Waals surface area (Å²) in [4.78, 5) is 2.50. The van der Waals surface area contributed by atoms with E-state index < -0.39 is 0 Å². The van der Waals surface area contributed by atoms with Crippen LogP contribution < -0.4 is 10.1 Å². The van der Waals surface area contributed by atoms with E-state index in [-0.39, 0.29) is 0 Å². The summed E-state index contributed by atoms with van der Waals surface area (Å²) in [6.45, 7) is 13.4. The summed E-state index contributed by atoms with van der Waals surface area (Å²) in [6, 6.07) is 9.87. The first-order valence-corrected chi connectivity index (χ1v) is 9.61. The maximum Gasteiger partial charge on any atom is 0.119 e. The normalized spacial score (nSPS) is 15.2. The Bertz CT molecular complexity index is 442. The molecule has 0 saturated carbocycles. The number of rotatable bonds is 10. The highest BCUT2D eigenvalue weighted by Crippen LogP contribution is 2.22. The van der Waals surface area contributed by atoms with E-state index in [0.29, 0.717) is 13.2 Å². The van der Waals surface area contributed by atoms with Crippen molar-refractivity contribution in [2.45, 2.75) is 33.1 Å². The van der Waals surface area contributed by atoms with Crippen molar-refractivity contribution in [3.05, 3.63) is 42.6 Å². The first-order chi connectivity index (χ1) is 12.3. The van der Waals surface area contributed by atoms with Gasteiger partial charge in [0.1, 0.15) is 12.4 Å². The SMILES string of the molecule is C=C(CC1CCN(CCOCCOc2ccccc2)CC1)NC.CC. The van der Waals surface area contributed by atoms with Gasteiger partial charge in [0, 0.05) is 19.3 Å². The molecule has 0 atom stereocenters. The summed E-state index contributed by atoms with van der Waals surface area (Å²) in [5.74, 6) is 1.69. The average molecular weight is 349 g/mol. The smallest absolute Gasteiger partial charge is 0.119 e. The zero-order chi connectivity index (χ0) is 18.3. The fourth-order valence-corrected chi connectivity index (χ4v) is 2.90. The van der Waals surface area contributed by atoms with Crippen molar-refractivity contribution < 1.29 is 9.47 Å². The molecule has 4 nitrogen and oxygen atoms in total. The molecule has 1 aromatic rings. The van der Waals surface area contributed by atoms with Gasteiger partial charge < -0.3 is 19.7 Å². The Kier molecular flexibility index (Phi) is 11.8. The van der Waals surface area contributed by atoms with Crippen LogP contribution in [0.2, 0.25) is 0 Å². The first-order valence-electron chi connectivity index (χ1n) is 9.61. The van der Waals surface area contributed by atoms with Crippen molar-refractivity contribution in [3.8, 4) is 5.75 Å². The summed E-state index contributed by atoms with van der Waals surface area (Å²) in [7, 11) is 1.95. The zero-order valence-electron chi connectivity index (χ0n) is 16.3. The molecular weight excluding hydrogens is 312 g/mol. The maximum atomic E-state index is 5.68. The molecule has 0 aromatic heterocycles. The molecular formula is C21H36N2O2. The monoisotopic (exact) mass is 348 g/mol. The highest BCUT2D eigenvalue weighted by Gasteiger charge is 2.19. The molecule has 0 radical (unpaired) electrons. The van der Waals surface area contributed by atoms with E-state index in [0.717, 1.165) is 36.9 Å². The Balaban J connectivity index is 0.00000151. The predicted molar refractivity (Wildman–Crippen MR) is 106 cm³/mol.